The number of nitrogens with one attached hydrogen (secondary N) is 1. The third-order valence-corrected chi connectivity index (χ3v) is 2.05. The maximum absolute atomic E-state index is 11.7. The fraction of sp³-hybridized carbons (Fsp3) is 0.600. The van der Waals surface area contributed by atoms with E-state index in [9.17, 15) is 4.79 Å². The second kappa shape index (κ2) is 5.50. The van der Waals surface area contributed by atoms with Crippen molar-refractivity contribution in [1.29, 1.82) is 0 Å². The lowest BCUT2D eigenvalue weighted by atomic mass is 10.3. The molecule has 0 aliphatic heterocycles. The molecule has 0 fully saturated rings. The van der Waals surface area contributed by atoms with Crippen LogP contribution in [0.3, 0.4) is 0 Å². The summed E-state index contributed by atoms with van der Waals surface area (Å²) in [5.41, 5.74) is -0.0945. The molecule has 15 heavy (non-hydrogen) atoms. The van der Waals surface area contributed by atoms with Gasteiger partial charge in [0.15, 0.2) is 5.82 Å². The third-order valence-electron chi connectivity index (χ3n) is 2.05. The molecule has 0 saturated heterocycles. The van der Waals surface area contributed by atoms with Gasteiger partial charge >= 0.3 is 0 Å². The molecule has 0 aliphatic rings. The molecular weight excluding hydrogens is 194 g/mol. The van der Waals surface area contributed by atoms with Crippen molar-refractivity contribution in [2.75, 3.05) is 19.0 Å². The summed E-state index contributed by atoms with van der Waals surface area (Å²) >= 11 is 0. The number of ether oxygens (including phenoxy) is 1. The van der Waals surface area contributed by atoms with Crippen molar-refractivity contribution >= 4 is 5.82 Å². The third kappa shape index (κ3) is 3.06. The van der Waals surface area contributed by atoms with Gasteiger partial charge < -0.3 is 14.6 Å². The van der Waals surface area contributed by atoms with Crippen LogP contribution in [0.1, 0.15) is 13.8 Å². The van der Waals surface area contributed by atoms with Crippen molar-refractivity contribution in [1.82, 2.24) is 9.55 Å². The summed E-state index contributed by atoms with van der Waals surface area (Å²) in [7, 11) is 1.63. The van der Waals surface area contributed by atoms with Crippen molar-refractivity contribution in [3.8, 4) is 0 Å². The van der Waals surface area contributed by atoms with E-state index >= 15 is 0 Å². The Morgan fingerprint density at radius 3 is 3.00 bits per heavy atom. The number of aromatic nitrogens is 2. The maximum atomic E-state index is 11.7. The highest BCUT2D eigenvalue weighted by atomic mass is 16.5. The molecule has 0 saturated carbocycles. The van der Waals surface area contributed by atoms with Crippen LogP contribution in [0, 0.1) is 0 Å². The molecule has 0 radical (unpaired) electrons. The molecule has 0 spiro atoms. The van der Waals surface area contributed by atoms with Crippen LogP contribution in [0.2, 0.25) is 0 Å². The van der Waals surface area contributed by atoms with Crippen LogP contribution >= 0.6 is 0 Å². The monoisotopic (exact) mass is 211 g/mol. The quantitative estimate of drug-likeness (QED) is 0.779. The molecule has 5 heteroatoms. The zero-order valence-corrected chi connectivity index (χ0v) is 9.36. The standard InChI is InChI=1S/C10H17N3O2/c1-4-13-6-5-11-9(10(13)14)12-8(2)7-15-3/h5-6,8H,4,7H2,1-3H3,(H,11,12). The molecule has 1 unspecified atom stereocenters. The zero-order valence-electron chi connectivity index (χ0n) is 9.36. The largest absolute Gasteiger partial charge is 0.383 e. The van der Waals surface area contributed by atoms with Crippen molar-refractivity contribution in [2.24, 2.45) is 0 Å². The predicted molar refractivity (Wildman–Crippen MR) is 59.1 cm³/mol. The zero-order chi connectivity index (χ0) is 11.3. The van der Waals surface area contributed by atoms with Gasteiger partial charge in [-0.25, -0.2) is 4.98 Å². The average molecular weight is 211 g/mol. The van der Waals surface area contributed by atoms with Crippen LogP contribution in [0.25, 0.3) is 0 Å². The first-order valence-electron chi connectivity index (χ1n) is 5.00. The van der Waals surface area contributed by atoms with Gasteiger partial charge in [0.05, 0.1) is 6.61 Å². The molecular formula is C10H17N3O2. The lowest BCUT2D eigenvalue weighted by molar-refractivity contribution is 0.190. The Kier molecular flexibility index (Phi) is 4.30. The van der Waals surface area contributed by atoms with E-state index in [4.69, 9.17) is 4.74 Å². The van der Waals surface area contributed by atoms with Gasteiger partial charge in [0.1, 0.15) is 0 Å². The summed E-state index contributed by atoms with van der Waals surface area (Å²) in [4.78, 5) is 15.7. The first kappa shape index (κ1) is 11.7. The molecule has 0 bridgehead atoms. The van der Waals surface area contributed by atoms with Crippen LogP contribution in [0.5, 0.6) is 0 Å². The molecule has 1 aromatic rings. The van der Waals surface area contributed by atoms with E-state index < -0.39 is 0 Å². The lowest BCUT2D eigenvalue weighted by Gasteiger charge is -2.13. The number of hydrogen-bond donors (Lipinski definition) is 1. The Labute approximate surface area is 89.1 Å². The van der Waals surface area contributed by atoms with Gasteiger partial charge in [0.2, 0.25) is 0 Å². The minimum absolute atomic E-state index is 0.0721. The summed E-state index contributed by atoms with van der Waals surface area (Å²) in [6.45, 7) is 5.05. The summed E-state index contributed by atoms with van der Waals surface area (Å²) in [6.07, 6.45) is 3.29. The normalized spacial score (nSPS) is 12.5. The van der Waals surface area contributed by atoms with Crippen LogP contribution < -0.4 is 10.9 Å². The number of methoxy groups -OCH3 is 1. The summed E-state index contributed by atoms with van der Waals surface area (Å²) in [6, 6.07) is 0.0721. The van der Waals surface area contributed by atoms with Crippen LogP contribution in [-0.2, 0) is 11.3 Å². The molecule has 1 N–H and O–H groups in total. The SMILES string of the molecule is CCn1ccnc(NC(C)COC)c1=O. The van der Waals surface area contributed by atoms with Crippen molar-refractivity contribution in [2.45, 2.75) is 26.4 Å². The van der Waals surface area contributed by atoms with E-state index in [-0.39, 0.29) is 11.6 Å². The highest BCUT2D eigenvalue weighted by Gasteiger charge is 2.07. The van der Waals surface area contributed by atoms with E-state index in [2.05, 4.69) is 10.3 Å². The maximum Gasteiger partial charge on any atom is 0.293 e. The van der Waals surface area contributed by atoms with Crippen LogP contribution in [-0.4, -0.2) is 29.3 Å². The highest BCUT2D eigenvalue weighted by molar-refractivity contribution is 5.31. The topological polar surface area (TPSA) is 56.1 Å². The fourth-order valence-corrected chi connectivity index (χ4v) is 1.32. The Bertz CT molecular complexity index is 362. The molecule has 5 nitrogen and oxygen atoms in total. The Balaban J connectivity index is 2.81. The molecule has 84 valence electrons. The molecule has 0 aromatic carbocycles. The lowest BCUT2D eigenvalue weighted by Crippen LogP contribution is -2.29. The predicted octanol–water partition coefficient (Wildman–Crippen LogP) is 0.710. The van der Waals surface area contributed by atoms with Gasteiger partial charge in [-0.15, -0.1) is 0 Å². The smallest absolute Gasteiger partial charge is 0.293 e. The van der Waals surface area contributed by atoms with Crippen molar-refractivity contribution in [3.63, 3.8) is 0 Å². The van der Waals surface area contributed by atoms with Gasteiger partial charge in [-0.05, 0) is 13.8 Å². The van der Waals surface area contributed by atoms with Crippen LogP contribution in [0.4, 0.5) is 5.82 Å². The van der Waals surface area contributed by atoms with E-state index in [0.717, 1.165) is 0 Å². The van der Waals surface area contributed by atoms with Gasteiger partial charge in [-0.3, -0.25) is 4.79 Å². The number of hydrogen-bond acceptors (Lipinski definition) is 4. The van der Waals surface area contributed by atoms with Crippen LogP contribution in [0.15, 0.2) is 17.2 Å². The second-order valence-electron chi connectivity index (χ2n) is 3.37. The van der Waals surface area contributed by atoms with Gasteiger partial charge in [0.25, 0.3) is 5.56 Å². The highest BCUT2D eigenvalue weighted by Crippen LogP contribution is 1.97. The molecule has 1 rings (SSSR count). The summed E-state index contributed by atoms with van der Waals surface area (Å²) < 4.78 is 6.58. The summed E-state index contributed by atoms with van der Waals surface area (Å²) in [5.74, 6) is 0.379. The second-order valence-corrected chi connectivity index (χ2v) is 3.37. The number of anilines is 1. The van der Waals surface area contributed by atoms with Crippen molar-refractivity contribution in [3.05, 3.63) is 22.7 Å². The molecule has 0 aliphatic carbocycles. The Morgan fingerprint density at radius 1 is 1.67 bits per heavy atom. The number of nitrogens with zero attached hydrogens (tertiary/aromatic N) is 2. The number of aryl methyl sites for hydroxylation is 1. The van der Waals surface area contributed by atoms with E-state index in [1.54, 1.807) is 24.1 Å². The fourth-order valence-electron chi connectivity index (χ4n) is 1.32. The van der Waals surface area contributed by atoms with Gasteiger partial charge in [-0.2, -0.15) is 0 Å². The Hall–Kier alpha value is -1.36. The van der Waals surface area contributed by atoms with E-state index in [1.807, 2.05) is 13.8 Å². The van der Waals surface area contributed by atoms with Gasteiger partial charge in [-0.1, -0.05) is 0 Å². The van der Waals surface area contributed by atoms with E-state index in [1.165, 1.54) is 0 Å². The molecule has 1 atom stereocenters. The average Bonchev–Trinajstić information content (AvgIpc) is 2.21. The Morgan fingerprint density at radius 2 is 2.40 bits per heavy atom. The summed E-state index contributed by atoms with van der Waals surface area (Å²) in [5, 5.41) is 3.02. The molecule has 1 aromatic heterocycles. The first-order chi connectivity index (χ1) is 7.19. The minimum atomic E-state index is -0.0945. The van der Waals surface area contributed by atoms with E-state index in [0.29, 0.717) is 19.0 Å². The van der Waals surface area contributed by atoms with Gasteiger partial charge in [0, 0.05) is 32.1 Å². The van der Waals surface area contributed by atoms with Crippen molar-refractivity contribution < 1.29 is 4.74 Å². The minimum Gasteiger partial charge on any atom is -0.383 e. The molecule has 0 amide bonds. The first-order valence-corrected chi connectivity index (χ1v) is 5.00. The number of rotatable bonds is 5. The molecule has 1 heterocycles.